The van der Waals surface area contributed by atoms with Crippen molar-refractivity contribution in [3.63, 3.8) is 0 Å². The van der Waals surface area contributed by atoms with Crippen LogP contribution in [0.15, 0.2) is 52.3 Å². The van der Waals surface area contributed by atoms with E-state index in [1.165, 1.54) is 22.1 Å². The maximum atomic E-state index is 13.5. The third-order valence-corrected chi connectivity index (χ3v) is 9.56. The Balaban J connectivity index is 1.40. The fourth-order valence-electron chi connectivity index (χ4n) is 4.74. The minimum atomic E-state index is -3.78. The number of hydrogen-bond donors (Lipinski definition) is 1. The van der Waals surface area contributed by atoms with Gasteiger partial charge in [0.05, 0.1) is 16.3 Å². The smallest absolute Gasteiger partial charge is 0.264 e. The van der Waals surface area contributed by atoms with Crippen LogP contribution in [0.3, 0.4) is 0 Å². The molecule has 2 aromatic carbocycles. The van der Waals surface area contributed by atoms with Gasteiger partial charge in [-0.05, 0) is 55.5 Å². The van der Waals surface area contributed by atoms with Crippen molar-refractivity contribution in [1.29, 1.82) is 0 Å². The van der Waals surface area contributed by atoms with Crippen molar-refractivity contribution in [2.75, 3.05) is 29.3 Å². The van der Waals surface area contributed by atoms with Gasteiger partial charge in [-0.3, -0.25) is 13.9 Å². The SMILES string of the molecule is O=C1Nc2cc(S(=O)(=O)N3CCCc4ccccc43)ccc2S[C@@H]1C(=O)N1CCCCCC1. The van der Waals surface area contributed by atoms with E-state index in [2.05, 4.69) is 5.32 Å². The summed E-state index contributed by atoms with van der Waals surface area (Å²) in [7, 11) is -3.78. The van der Waals surface area contributed by atoms with Gasteiger partial charge in [0.15, 0.2) is 5.25 Å². The lowest BCUT2D eigenvalue weighted by atomic mass is 10.0. The van der Waals surface area contributed by atoms with Gasteiger partial charge in [-0.15, -0.1) is 11.8 Å². The van der Waals surface area contributed by atoms with E-state index in [1.807, 2.05) is 24.3 Å². The summed E-state index contributed by atoms with van der Waals surface area (Å²) in [5.74, 6) is -0.550. The van der Waals surface area contributed by atoms with Gasteiger partial charge in [0.25, 0.3) is 10.0 Å². The number of aryl methyl sites for hydroxylation is 1. The number of sulfonamides is 1. The van der Waals surface area contributed by atoms with E-state index in [9.17, 15) is 18.0 Å². The molecule has 2 aromatic rings. The van der Waals surface area contributed by atoms with E-state index < -0.39 is 15.3 Å². The Morgan fingerprint density at radius 1 is 0.970 bits per heavy atom. The van der Waals surface area contributed by atoms with E-state index in [1.54, 1.807) is 17.0 Å². The Kier molecular flexibility index (Phi) is 6.09. The average Bonchev–Trinajstić information content (AvgIpc) is 3.12. The lowest BCUT2D eigenvalue weighted by molar-refractivity contribution is -0.133. The zero-order valence-electron chi connectivity index (χ0n) is 18.3. The monoisotopic (exact) mass is 485 g/mol. The molecular weight excluding hydrogens is 458 g/mol. The minimum absolute atomic E-state index is 0.135. The summed E-state index contributed by atoms with van der Waals surface area (Å²) in [6.07, 6.45) is 5.74. The summed E-state index contributed by atoms with van der Waals surface area (Å²) in [5.41, 5.74) is 2.17. The highest BCUT2D eigenvalue weighted by Crippen LogP contribution is 2.39. The number of hydrogen-bond acceptors (Lipinski definition) is 5. The van der Waals surface area contributed by atoms with Crippen LogP contribution in [0, 0.1) is 0 Å². The zero-order chi connectivity index (χ0) is 23.0. The molecule has 33 heavy (non-hydrogen) atoms. The van der Waals surface area contributed by atoms with E-state index in [4.69, 9.17) is 0 Å². The standard InChI is InChI=1S/C24H27N3O4S2/c28-23-22(24(29)26-13-5-1-2-6-14-26)32-21-12-11-18(16-19(21)25-23)33(30,31)27-15-7-9-17-8-3-4-10-20(17)27/h3-4,8,10-12,16,22H,1-2,5-7,9,13-15H2,(H,25,28)/t22-/m0/s1. The van der Waals surface area contributed by atoms with Crippen molar-refractivity contribution in [2.45, 2.75) is 53.6 Å². The molecule has 3 aliphatic heterocycles. The average molecular weight is 486 g/mol. The quantitative estimate of drug-likeness (QED) is 0.671. The first-order chi connectivity index (χ1) is 15.9. The van der Waals surface area contributed by atoms with Crippen molar-refractivity contribution >= 4 is 45.0 Å². The molecular formula is C24H27N3O4S2. The highest BCUT2D eigenvalue weighted by atomic mass is 32.2. The van der Waals surface area contributed by atoms with Crippen LogP contribution in [0.4, 0.5) is 11.4 Å². The largest absolute Gasteiger partial charge is 0.341 e. The Hall–Kier alpha value is -2.52. The summed E-state index contributed by atoms with van der Waals surface area (Å²) in [6, 6.07) is 12.3. The molecule has 3 heterocycles. The lowest BCUT2D eigenvalue weighted by Gasteiger charge is -2.31. The van der Waals surface area contributed by atoms with Gasteiger partial charge < -0.3 is 10.2 Å². The predicted octanol–water partition coefficient (Wildman–Crippen LogP) is 3.64. The summed E-state index contributed by atoms with van der Waals surface area (Å²) in [5, 5.41) is 1.95. The third-order valence-electron chi connectivity index (χ3n) is 6.49. The number of nitrogens with one attached hydrogen (secondary N) is 1. The highest BCUT2D eigenvalue weighted by molar-refractivity contribution is 8.01. The highest BCUT2D eigenvalue weighted by Gasteiger charge is 2.37. The van der Waals surface area contributed by atoms with Crippen molar-refractivity contribution in [3.8, 4) is 0 Å². The van der Waals surface area contributed by atoms with Gasteiger partial charge in [0.2, 0.25) is 11.8 Å². The molecule has 174 valence electrons. The lowest BCUT2D eigenvalue weighted by Crippen LogP contribution is -2.45. The number of carbonyl (C=O) groups is 2. The van der Waals surface area contributed by atoms with Crippen LogP contribution in [-0.2, 0) is 26.0 Å². The van der Waals surface area contributed by atoms with Crippen LogP contribution in [-0.4, -0.2) is 50.0 Å². The van der Waals surface area contributed by atoms with Gasteiger partial charge >= 0.3 is 0 Å². The number of para-hydroxylation sites is 1. The topological polar surface area (TPSA) is 86.8 Å². The molecule has 3 aliphatic rings. The first kappa shape index (κ1) is 22.3. The molecule has 0 aliphatic carbocycles. The van der Waals surface area contributed by atoms with Crippen molar-refractivity contribution in [1.82, 2.24) is 4.90 Å². The second-order valence-electron chi connectivity index (χ2n) is 8.69. The van der Waals surface area contributed by atoms with Crippen LogP contribution < -0.4 is 9.62 Å². The third kappa shape index (κ3) is 4.24. The fourth-order valence-corrected chi connectivity index (χ4v) is 7.37. The van der Waals surface area contributed by atoms with Crippen LogP contribution in [0.5, 0.6) is 0 Å². The molecule has 0 radical (unpaired) electrons. The maximum Gasteiger partial charge on any atom is 0.264 e. The Labute approximate surface area is 198 Å². The molecule has 0 spiro atoms. The second-order valence-corrected chi connectivity index (χ2v) is 11.7. The molecule has 0 unspecified atom stereocenters. The number of thioether (sulfide) groups is 1. The molecule has 1 fully saturated rings. The minimum Gasteiger partial charge on any atom is -0.341 e. The first-order valence-electron chi connectivity index (χ1n) is 11.5. The molecule has 1 atom stereocenters. The van der Waals surface area contributed by atoms with Gasteiger partial charge in [0, 0.05) is 24.5 Å². The Bertz CT molecular complexity index is 1190. The molecule has 2 amide bonds. The van der Waals surface area contributed by atoms with E-state index in [0.717, 1.165) is 44.1 Å². The van der Waals surface area contributed by atoms with Crippen molar-refractivity contribution < 1.29 is 18.0 Å². The van der Waals surface area contributed by atoms with E-state index >= 15 is 0 Å². The number of rotatable bonds is 3. The molecule has 5 rings (SSSR count). The molecule has 0 saturated carbocycles. The Morgan fingerprint density at radius 2 is 1.73 bits per heavy atom. The van der Waals surface area contributed by atoms with Crippen molar-refractivity contribution in [2.24, 2.45) is 0 Å². The van der Waals surface area contributed by atoms with Crippen molar-refractivity contribution in [3.05, 3.63) is 48.0 Å². The molecule has 0 bridgehead atoms. The number of amides is 2. The normalized spacial score (nSPS) is 21.0. The van der Waals surface area contributed by atoms with E-state index in [0.29, 0.717) is 35.9 Å². The summed E-state index contributed by atoms with van der Waals surface area (Å²) < 4.78 is 28.4. The maximum absolute atomic E-state index is 13.5. The van der Waals surface area contributed by atoms with Crippen LogP contribution in [0.25, 0.3) is 0 Å². The second kappa shape index (κ2) is 9.02. The fraction of sp³-hybridized carbons (Fsp3) is 0.417. The van der Waals surface area contributed by atoms with Gasteiger partial charge in [-0.2, -0.15) is 0 Å². The number of anilines is 2. The molecule has 9 heteroatoms. The summed E-state index contributed by atoms with van der Waals surface area (Å²) >= 11 is 1.21. The molecule has 1 saturated heterocycles. The van der Waals surface area contributed by atoms with Crippen LogP contribution in [0.2, 0.25) is 0 Å². The number of benzene rings is 2. The number of nitrogens with zero attached hydrogens (tertiary/aromatic N) is 2. The summed E-state index contributed by atoms with van der Waals surface area (Å²) in [4.78, 5) is 28.5. The van der Waals surface area contributed by atoms with Crippen LogP contribution >= 0.6 is 11.8 Å². The van der Waals surface area contributed by atoms with Gasteiger partial charge in [-0.1, -0.05) is 31.0 Å². The molecule has 7 nitrogen and oxygen atoms in total. The number of fused-ring (bicyclic) bond motifs is 2. The predicted molar refractivity (Wildman–Crippen MR) is 129 cm³/mol. The molecule has 0 aromatic heterocycles. The molecule has 1 N–H and O–H groups in total. The van der Waals surface area contributed by atoms with E-state index in [-0.39, 0.29) is 16.7 Å². The number of carbonyl (C=O) groups excluding carboxylic acids is 2. The van der Waals surface area contributed by atoms with Gasteiger partial charge in [0.1, 0.15) is 0 Å². The number of likely N-dealkylation sites (tertiary alicyclic amines) is 1. The zero-order valence-corrected chi connectivity index (χ0v) is 20.0. The first-order valence-corrected chi connectivity index (χ1v) is 13.8. The van der Waals surface area contributed by atoms with Crippen LogP contribution in [0.1, 0.15) is 37.7 Å². The Morgan fingerprint density at radius 3 is 2.52 bits per heavy atom. The summed E-state index contributed by atoms with van der Waals surface area (Å²) in [6.45, 7) is 1.79. The van der Waals surface area contributed by atoms with Gasteiger partial charge in [-0.25, -0.2) is 8.42 Å².